The molecular weight excluding hydrogens is 231 g/mol. The highest BCUT2D eigenvalue weighted by Gasteiger charge is 2.33. The molecule has 0 unspecified atom stereocenters. The molecule has 1 amide bonds. The van der Waals surface area contributed by atoms with Gasteiger partial charge in [-0.05, 0) is 18.6 Å². The van der Waals surface area contributed by atoms with E-state index < -0.39 is 11.7 Å². The first-order valence-corrected chi connectivity index (χ1v) is 5.08. The predicted octanol–water partition coefficient (Wildman–Crippen LogP) is 2.64. The molecule has 0 aliphatic rings. The minimum atomic E-state index is -4.42. The molecule has 0 radical (unpaired) electrons. The van der Waals surface area contributed by atoms with Crippen molar-refractivity contribution >= 4 is 5.91 Å². The molecule has 1 aromatic carbocycles. The third-order valence-electron chi connectivity index (χ3n) is 2.41. The Bertz CT molecular complexity index is 424. The van der Waals surface area contributed by atoms with Crippen LogP contribution in [-0.4, -0.2) is 24.9 Å². The fourth-order valence-electron chi connectivity index (χ4n) is 1.43. The second-order valence-electron chi connectivity index (χ2n) is 4.12. The van der Waals surface area contributed by atoms with Crippen LogP contribution in [0, 0.1) is 6.92 Å². The SMILES string of the molecule is Cc1ccc(CC(=O)N(C)C)c(C(F)(F)F)c1. The van der Waals surface area contributed by atoms with Crippen molar-refractivity contribution in [2.45, 2.75) is 19.5 Å². The van der Waals surface area contributed by atoms with Crippen LogP contribution in [0.3, 0.4) is 0 Å². The van der Waals surface area contributed by atoms with Crippen molar-refractivity contribution < 1.29 is 18.0 Å². The number of carbonyl (C=O) groups is 1. The van der Waals surface area contributed by atoms with E-state index in [0.29, 0.717) is 5.56 Å². The van der Waals surface area contributed by atoms with Crippen LogP contribution in [0.15, 0.2) is 18.2 Å². The van der Waals surface area contributed by atoms with Crippen molar-refractivity contribution in [3.8, 4) is 0 Å². The zero-order chi connectivity index (χ0) is 13.2. The van der Waals surface area contributed by atoms with Gasteiger partial charge in [-0.15, -0.1) is 0 Å². The summed E-state index contributed by atoms with van der Waals surface area (Å²) < 4.78 is 38.3. The smallest absolute Gasteiger partial charge is 0.349 e. The Kier molecular flexibility index (Phi) is 3.80. The highest BCUT2D eigenvalue weighted by Crippen LogP contribution is 2.33. The van der Waals surface area contributed by atoms with E-state index in [4.69, 9.17) is 0 Å². The van der Waals surface area contributed by atoms with Crippen molar-refractivity contribution in [3.05, 3.63) is 34.9 Å². The lowest BCUT2D eigenvalue weighted by Crippen LogP contribution is -2.24. The number of likely N-dealkylation sites (N-methyl/N-ethyl adjacent to an activating group) is 1. The molecular formula is C12H14F3NO. The molecule has 5 heteroatoms. The van der Waals surface area contributed by atoms with Gasteiger partial charge in [0.05, 0.1) is 12.0 Å². The third kappa shape index (κ3) is 3.47. The number of benzene rings is 1. The van der Waals surface area contributed by atoms with E-state index in [1.807, 2.05) is 0 Å². The van der Waals surface area contributed by atoms with Gasteiger partial charge in [-0.3, -0.25) is 4.79 Å². The van der Waals surface area contributed by atoms with Gasteiger partial charge in [0.25, 0.3) is 0 Å². The molecule has 0 aliphatic heterocycles. The van der Waals surface area contributed by atoms with Gasteiger partial charge in [-0.1, -0.05) is 17.7 Å². The zero-order valence-electron chi connectivity index (χ0n) is 9.93. The number of nitrogens with zero attached hydrogens (tertiary/aromatic N) is 1. The second-order valence-corrected chi connectivity index (χ2v) is 4.12. The molecule has 0 atom stereocenters. The van der Waals surface area contributed by atoms with E-state index in [2.05, 4.69) is 0 Å². The Hall–Kier alpha value is -1.52. The molecule has 0 spiro atoms. The van der Waals surface area contributed by atoms with E-state index in [1.54, 1.807) is 13.0 Å². The Morgan fingerprint density at radius 3 is 2.35 bits per heavy atom. The van der Waals surface area contributed by atoms with E-state index in [-0.39, 0.29) is 17.9 Å². The quantitative estimate of drug-likeness (QED) is 0.784. The van der Waals surface area contributed by atoms with Gasteiger partial charge >= 0.3 is 6.18 Å². The summed E-state index contributed by atoms with van der Waals surface area (Å²) in [6, 6.07) is 4.01. The maximum absolute atomic E-state index is 12.8. The molecule has 0 heterocycles. The maximum atomic E-state index is 12.8. The molecule has 0 fully saturated rings. The largest absolute Gasteiger partial charge is 0.416 e. The fraction of sp³-hybridized carbons (Fsp3) is 0.417. The van der Waals surface area contributed by atoms with Gasteiger partial charge in [-0.25, -0.2) is 0 Å². The average molecular weight is 245 g/mol. The number of aryl methyl sites for hydroxylation is 1. The Morgan fingerprint density at radius 1 is 1.29 bits per heavy atom. The van der Waals surface area contributed by atoms with E-state index >= 15 is 0 Å². The summed E-state index contributed by atoms with van der Waals surface area (Å²) in [7, 11) is 3.04. The van der Waals surface area contributed by atoms with Crippen molar-refractivity contribution in [3.63, 3.8) is 0 Å². The lowest BCUT2D eigenvalue weighted by atomic mass is 10.0. The van der Waals surface area contributed by atoms with Crippen LogP contribution in [0.2, 0.25) is 0 Å². The fourth-order valence-corrected chi connectivity index (χ4v) is 1.43. The summed E-state index contributed by atoms with van der Waals surface area (Å²) in [6.07, 6.45) is -4.66. The summed E-state index contributed by atoms with van der Waals surface area (Å²) in [5, 5.41) is 0. The van der Waals surface area contributed by atoms with Gasteiger partial charge in [0.2, 0.25) is 5.91 Å². The molecule has 0 saturated carbocycles. The third-order valence-corrected chi connectivity index (χ3v) is 2.41. The molecule has 1 rings (SSSR count). The molecule has 2 nitrogen and oxygen atoms in total. The van der Waals surface area contributed by atoms with Crippen molar-refractivity contribution in [1.82, 2.24) is 4.90 Å². The molecule has 0 aromatic heterocycles. The first kappa shape index (κ1) is 13.5. The van der Waals surface area contributed by atoms with Gasteiger partial charge in [0.15, 0.2) is 0 Å². The summed E-state index contributed by atoms with van der Waals surface area (Å²) in [5.74, 6) is -0.348. The van der Waals surface area contributed by atoms with Crippen LogP contribution >= 0.6 is 0 Å². The van der Waals surface area contributed by atoms with Crippen LogP contribution in [0.4, 0.5) is 13.2 Å². The minimum absolute atomic E-state index is 0.0156. The number of hydrogen-bond acceptors (Lipinski definition) is 1. The Labute approximate surface area is 98.0 Å². The Balaban J connectivity index is 3.12. The molecule has 0 bridgehead atoms. The Morgan fingerprint density at radius 2 is 1.88 bits per heavy atom. The highest BCUT2D eigenvalue weighted by atomic mass is 19.4. The molecule has 94 valence electrons. The molecule has 0 saturated heterocycles. The van der Waals surface area contributed by atoms with Crippen LogP contribution < -0.4 is 0 Å². The van der Waals surface area contributed by atoms with Gasteiger partial charge in [0, 0.05) is 14.1 Å². The number of hydrogen-bond donors (Lipinski definition) is 0. The summed E-state index contributed by atoms with van der Waals surface area (Å²) in [6.45, 7) is 1.59. The van der Waals surface area contributed by atoms with Crippen LogP contribution in [-0.2, 0) is 17.4 Å². The zero-order valence-corrected chi connectivity index (χ0v) is 9.93. The van der Waals surface area contributed by atoms with Crippen molar-refractivity contribution in [1.29, 1.82) is 0 Å². The maximum Gasteiger partial charge on any atom is 0.416 e. The lowest BCUT2D eigenvalue weighted by Gasteiger charge is -2.15. The number of halogens is 3. The van der Waals surface area contributed by atoms with Crippen LogP contribution in [0.5, 0.6) is 0 Å². The normalized spacial score (nSPS) is 11.4. The second kappa shape index (κ2) is 4.77. The molecule has 0 N–H and O–H groups in total. The minimum Gasteiger partial charge on any atom is -0.349 e. The summed E-state index contributed by atoms with van der Waals surface area (Å²) in [5.41, 5.74) is -0.187. The van der Waals surface area contributed by atoms with Gasteiger partial charge < -0.3 is 4.90 Å². The summed E-state index contributed by atoms with van der Waals surface area (Å²) in [4.78, 5) is 12.7. The first-order chi connectivity index (χ1) is 7.71. The van der Waals surface area contributed by atoms with Crippen LogP contribution in [0.1, 0.15) is 16.7 Å². The lowest BCUT2D eigenvalue weighted by molar-refractivity contribution is -0.138. The number of rotatable bonds is 2. The van der Waals surface area contributed by atoms with Gasteiger partial charge in [0.1, 0.15) is 0 Å². The van der Waals surface area contributed by atoms with Crippen molar-refractivity contribution in [2.24, 2.45) is 0 Å². The van der Waals surface area contributed by atoms with Crippen LogP contribution in [0.25, 0.3) is 0 Å². The van der Waals surface area contributed by atoms with E-state index in [9.17, 15) is 18.0 Å². The topological polar surface area (TPSA) is 20.3 Å². The predicted molar refractivity (Wildman–Crippen MR) is 58.6 cm³/mol. The van der Waals surface area contributed by atoms with Gasteiger partial charge in [-0.2, -0.15) is 13.2 Å². The molecule has 1 aromatic rings. The van der Waals surface area contributed by atoms with E-state index in [0.717, 1.165) is 6.07 Å². The van der Waals surface area contributed by atoms with Crippen molar-refractivity contribution in [2.75, 3.05) is 14.1 Å². The molecule has 17 heavy (non-hydrogen) atoms. The average Bonchev–Trinajstić information content (AvgIpc) is 2.18. The number of alkyl halides is 3. The highest BCUT2D eigenvalue weighted by molar-refractivity contribution is 5.78. The number of carbonyl (C=O) groups excluding carboxylic acids is 1. The standard InChI is InChI=1S/C12H14F3NO/c1-8-4-5-9(7-11(17)16(2)3)10(6-8)12(13,14)15/h4-6H,7H2,1-3H3. The van der Waals surface area contributed by atoms with E-state index in [1.165, 1.54) is 25.1 Å². The number of amides is 1. The summed E-state index contributed by atoms with van der Waals surface area (Å²) >= 11 is 0. The molecule has 0 aliphatic carbocycles. The monoisotopic (exact) mass is 245 g/mol. The first-order valence-electron chi connectivity index (χ1n) is 5.08.